The minimum absolute atomic E-state index is 0.241. The van der Waals surface area contributed by atoms with E-state index in [1.165, 1.54) is 38.5 Å². The number of carbonyl (C=O) groups is 1. The molecule has 3 rings (SSSR count). The summed E-state index contributed by atoms with van der Waals surface area (Å²) in [5.74, 6) is -0.568. The van der Waals surface area contributed by atoms with Crippen molar-refractivity contribution in [1.82, 2.24) is 9.97 Å². The summed E-state index contributed by atoms with van der Waals surface area (Å²) in [6.45, 7) is 1.95. The minimum atomic E-state index is -4.41. The maximum atomic E-state index is 12.7. The van der Waals surface area contributed by atoms with Crippen LogP contribution in [-0.2, 0) is 28.2 Å². The molecule has 0 saturated heterocycles. The number of aryl methyl sites for hydroxylation is 1. The second kappa shape index (κ2) is 12.5. The van der Waals surface area contributed by atoms with Crippen LogP contribution in [0, 0.1) is 12.3 Å². The van der Waals surface area contributed by atoms with Gasteiger partial charge in [0.25, 0.3) is 0 Å². The summed E-state index contributed by atoms with van der Waals surface area (Å²) in [6, 6.07) is 8.68. The number of aromatic nitrogens is 2. The molecule has 0 saturated carbocycles. The Morgan fingerprint density at radius 1 is 0.895 bits per heavy atom. The number of rotatable bonds is 6. The van der Waals surface area contributed by atoms with E-state index < -0.39 is 29.4 Å². The molecule has 0 atom stereocenters. The number of hydrogen-bond donors (Lipinski definition) is 2. The van der Waals surface area contributed by atoms with Crippen LogP contribution in [0.1, 0.15) is 38.4 Å². The molecule has 3 N–H and O–H groups in total. The van der Waals surface area contributed by atoms with Gasteiger partial charge in [0.15, 0.2) is 5.82 Å². The van der Waals surface area contributed by atoms with Gasteiger partial charge in [-0.15, -0.1) is 0 Å². The summed E-state index contributed by atoms with van der Waals surface area (Å²) < 4.78 is 83.9. The fourth-order valence-corrected chi connectivity index (χ4v) is 3.16. The molecule has 204 valence electrons. The summed E-state index contributed by atoms with van der Waals surface area (Å²) >= 11 is 0. The van der Waals surface area contributed by atoms with Crippen molar-refractivity contribution in [3.05, 3.63) is 82.2 Å². The van der Waals surface area contributed by atoms with E-state index in [4.69, 9.17) is 20.6 Å². The van der Waals surface area contributed by atoms with Crippen LogP contribution in [0.5, 0.6) is 0 Å². The summed E-state index contributed by atoms with van der Waals surface area (Å²) in [5, 5.41) is 6.96. The van der Waals surface area contributed by atoms with E-state index in [0.717, 1.165) is 24.3 Å². The number of nitrogens with two attached hydrogens (primary N) is 1. The number of alkyl halides is 6. The Balaban J connectivity index is 0.000000328. The highest BCUT2D eigenvalue weighted by Crippen LogP contribution is 2.31. The number of hydrogen-bond acceptors (Lipinski definition) is 6. The van der Waals surface area contributed by atoms with Crippen LogP contribution in [0.25, 0.3) is 11.4 Å². The van der Waals surface area contributed by atoms with Crippen LogP contribution in [-0.4, -0.2) is 42.6 Å². The highest BCUT2D eigenvalue weighted by atomic mass is 19.4. The third kappa shape index (κ3) is 8.00. The van der Waals surface area contributed by atoms with Crippen molar-refractivity contribution in [2.24, 2.45) is 5.73 Å². The van der Waals surface area contributed by atoms with E-state index in [9.17, 15) is 31.1 Å². The van der Waals surface area contributed by atoms with E-state index in [1.54, 1.807) is 6.92 Å². The van der Waals surface area contributed by atoms with Crippen molar-refractivity contribution >= 4 is 11.8 Å². The van der Waals surface area contributed by atoms with E-state index in [2.05, 4.69) is 9.97 Å². The van der Waals surface area contributed by atoms with Crippen LogP contribution < -0.4 is 5.73 Å². The normalized spacial score (nSPS) is 11.4. The molecule has 0 aliphatic rings. The Bertz CT molecular complexity index is 1260. The first-order valence-electron chi connectivity index (χ1n) is 10.8. The Kier molecular flexibility index (Phi) is 9.94. The van der Waals surface area contributed by atoms with E-state index in [-0.39, 0.29) is 22.8 Å². The highest BCUT2D eigenvalue weighted by Gasteiger charge is 2.31. The molecule has 0 unspecified atom stereocenters. The first-order valence-corrected chi connectivity index (χ1v) is 10.8. The maximum absolute atomic E-state index is 12.7. The molecule has 0 radical (unpaired) electrons. The number of carbonyl (C=O) groups excluding carboxylic acids is 1. The van der Waals surface area contributed by atoms with E-state index >= 15 is 0 Å². The van der Waals surface area contributed by atoms with Gasteiger partial charge in [-0.3, -0.25) is 5.41 Å². The standard InChI is InChI=1S/C17H17F3N2O3.C8H7F3N2/c1-10-14(16(23)25-3)13(8-9-24-2)22-15(21-10)11-4-6-12(7-5-11)17(18,19)20;9-8(10,11)6-3-1-5(2-4-6)7(12)13/h4-7H,8-9H2,1-3H3;1-4H,(H3,12,13). The number of nitrogens with zero attached hydrogens (tertiary/aromatic N) is 2. The highest BCUT2D eigenvalue weighted by molar-refractivity contribution is 5.94. The van der Waals surface area contributed by atoms with E-state index in [1.807, 2.05) is 0 Å². The lowest BCUT2D eigenvalue weighted by atomic mass is 10.1. The van der Waals surface area contributed by atoms with Gasteiger partial charge in [-0.2, -0.15) is 26.3 Å². The van der Waals surface area contributed by atoms with E-state index in [0.29, 0.717) is 30.0 Å². The fourth-order valence-electron chi connectivity index (χ4n) is 3.16. The third-order valence-electron chi connectivity index (χ3n) is 5.09. The molecular formula is C25H24F6N4O3. The predicted octanol–water partition coefficient (Wildman–Crippen LogP) is 5.44. The first kappa shape index (κ1) is 30.2. The van der Waals surface area contributed by atoms with Crippen LogP contribution in [0.2, 0.25) is 0 Å². The molecule has 0 amide bonds. The first-order chi connectivity index (χ1) is 17.7. The minimum Gasteiger partial charge on any atom is -0.465 e. The Morgan fingerprint density at radius 2 is 1.39 bits per heavy atom. The molecule has 2 aromatic carbocycles. The monoisotopic (exact) mass is 542 g/mol. The number of esters is 1. The summed E-state index contributed by atoms with van der Waals surface area (Å²) in [7, 11) is 2.77. The van der Waals surface area contributed by atoms with Crippen molar-refractivity contribution in [2.45, 2.75) is 25.7 Å². The lowest BCUT2D eigenvalue weighted by Gasteiger charge is -2.12. The van der Waals surface area contributed by atoms with Crippen molar-refractivity contribution < 1.29 is 40.6 Å². The fraction of sp³-hybridized carbons (Fsp3) is 0.280. The summed E-state index contributed by atoms with van der Waals surface area (Å²) in [6.07, 6.45) is -8.40. The molecule has 0 aliphatic carbocycles. The second-order valence-corrected chi connectivity index (χ2v) is 7.75. The molecule has 0 spiro atoms. The van der Waals surface area contributed by atoms with Crippen molar-refractivity contribution in [1.29, 1.82) is 5.41 Å². The molecule has 7 nitrogen and oxygen atoms in total. The Labute approximate surface area is 214 Å². The molecular weight excluding hydrogens is 518 g/mol. The van der Waals surface area contributed by atoms with Crippen molar-refractivity contribution in [3.63, 3.8) is 0 Å². The van der Waals surface area contributed by atoms with Crippen LogP contribution in [0.4, 0.5) is 26.3 Å². The number of nitrogens with one attached hydrogen (secondary N) is 1. The number of benzene rings is 2. The average Bonchev–Trinajstić information content (AvgIpc) is 2.86. The molecule has 13 heteroatoms. The van der Waals surface area contributed by atoms with Gasteiger partial charge >= 0.3 is 18.3 Å². The van der Waals surface area contributed by atoms with Gasteiger partial charge in [-0.05, 0) is 31.2 Å². The van der Waals surface area contributed by atoms with Crippen LogP contribution in [0.15, 0.2) is 48.5 Å². The summed E-state index contributed by atoms with van der Waals surface area (Å²) in [4.78, 5) is 20.5. The topological polar surface area (TPSA) is 111 Å². The largest absolute Gasteiger partial charge is 0.465 e. The zero-order valence-corrected chi connectivity index (χ0v) is 20.5. The van der Waals surface area contributed by atoms with Gasteiger partial charge in [0.2, 0.25) is 0 Å². The number of methoxy groups -OCH3 is 2. The molecule has 0 aliphatic heterocycles. The average molecular weight is 542 g/mol. The molecule has 3 aromatic rings. The van der Waals surface area contributed by atoms with Gasteiger partial charge in [0.1, 0.15) is 11.4 Å². The molecule has 1 aromatic heterocycles. The zero-order chi connectivity index (χ0) is 28.7. The Morgan fingerprint density at radius 3 is 1.82 bits per heavy atom. The summed E-state index contributed by atoms with van der Waals surface area (Å²) in [5.41, 5.74) is 5.36. The smallest absolute Gasteiger partial charge is 0.416 e. The van der Waals surface area contributed by atoms with Crippen LogP contribution >= 0.6 is 0 Å². The van der Waals surface area contributed by atoms with Gasteiger partial charge in [0.05, 0.1) is 36.2 Å². The zero-order valence-electron chi connectivity index (χ0n) is 20.5. The quantitative estimate of drug-likeness (QED) is 0.186. The number of ether oxygens (including phenoxy) is 2. The molecule has 1 heterocycles. The van der Waals surface area contributed by atoms with Crippen molar-refractivity contribution in [3.8, 4) is 11.4 Å². The van der Waals surface area contributed by atoms with Crippen molar-refractivity contribution in [2.75, 3.05) is 20.8 Å². The maximum Gasteiger partial charge on any atom is 0.416 e. The van der Waals surface area contributed by atoms with Gasteiger partial charge in [-0.1, -0.05) is 24.3 Å². The molecule has 38 heavy (non-hydrogen) atoms. The Hall–Kier alpha value is -4.00. The lowest BCUT2D eigenvalue weighted by Crippen LogP contribution is -2.14. The SMILES string of the molecule is COCCc1nc(-c2ccc(C(F)(F)F)cc2)nc(C)c1C(=O)OC.N=C(N)c1ccc(C(F)(F)F)cc1. The van der Waals surface area contributed by atoms with Gasteiger partial charge < -0.3 is 15.2 Å². The molecule has 0 bridgehead atoms. The predicted molar refractivity (Wildman–Crippen MR) is 127 cm³/mol. The van der Waals surface area contributed by atoms with Gasteiger partial charge in [-0.25, -0.2) is 14.8 Å². The third-order valence-corrected chi connectivity index (χ3v) is 5.09. The second-order valence-electron chi connectivity index (χ2n) is 7.75. The number of halogens is 6. The van der Waals surface area contributed by atoms with Crippen LogP contribution in [0.3, 0.4) is 0 Å². The molecule has 0 fully saturated rings. The van der Waals surface area contributed by atoms with Gasteiger partial charge in [0, 0.05) is 24.7 Å². The number of amidine groups is 1. The lowest BCUT2D eigenvalue weighted by molar-refractivity contribution is -0.138. The number of nitrogen functional groups attached to an aromatic ring is 1.